The van der Waals surface area contributed by atoms with Gasteiger partial charge in [0.05, 0.1) is 11.4 Å². The van der Waals surface area contributed by atoms with Crippen molar-refractivity contribution in [3.05, 3.63) is 48.3 Å². The molecule has 0 atom stereocenters. The zero-order chi connectivity index (χ0) is 11.6. The first-order valence-corrected chi connectivity index (χ1v) is 6.80. The minimum absolute atomic E-state index is 0.0248. The summed E-state index contributed by atoms with van der Waals surface area (Å²) in [6.07, 6.45) is 4.63. The van der Waals surface area contributed by atoms with Crippen LogP contribution >= 0.6 is 0 Å². The van der Waals surface area contributed by atoms with E-state index in [2.05, 4.69) is 11.2 Å². The predicted molar refractivity (Wildman–Crippen MR) is 60.9 cm³/mol. The maximum atomic E-state index is 11.3. The summed E-state index contributed by atoms with van der Waals surface area (Å²) in [7, 11) is -3.06. The molecule has 0 unspecified atom stereocenters. The van der Waals surface area contributed by atoms with E-state index in [1.807, 2.05) is 12.1 Å². The summed E-state index contributed by atoms with van der Waals surface area (Å²) >= 11 is 0. The summed E-state index contributed by atoms with van der Waals surface area (Å²) in [5.41, 5.74) is 1.38. The number of hydrogen-bond donors (Lipinski definition) is 0. The second-order valence-corrected chi connectivity index (χ2v) is 5.69. The van der Waals surface area contributed by atoms with Crippen LogP contribution in [-0.4, -0.2) is 24.5 Å². The Morgan fingerprint density at radius 1 is 1.44 bits per heavy atom. The highest BCUT2D eigenvalue weighted by atomic mass is 32.2. The van der Waals surface area contributed by atoms with E-state index in [9.17, 15) is 8.42 Å². The first-order chi connectivity index (χ1) is 7.56. The number of hydrogen-bond acceptors (Lipinski definition) is 3. The minimum Gasteiger partial charge on any atom is -0.241 e. The largest absolute Gasteiger partial charge is 0.241 e. The second-order valence-electron chi connectivity index (χ2n) is 3.55. The predicted octanol–water partition coefficient (Wildman–Crippen LogP) is 1.22. The van der Waals surface area contributed by atoms with Gasteiger partial charge in [-0.1, -0.05) is 12.1 Å². The average Bonchev–Trinajstić information content (AvgIpc) is 2.69. The van der Waals surface area contributed by atoms with Gasteiger partial charge in [-0.05, 0) is 18.2 Å². The molecule has 0 saturated carbocycles. The summed E-state index contributed by atoms with van der Waals surface area (Å²) in [6.45, 7) is 0. The van der Waals surface area contributed by atoms with E-state index in [0.717, 1.165) is 5.69 Å². The Kier molecular flexibility index (Phi) is 2.78. The van der Waals surface area contributed by atoms with Crippen molar-refractivity contribution < 1.29 is 8.42 Å². The SMILES string of the molecule is CS(=O)(=O)Cc1[c]cccc1-n1cccn1. The van der Waals surface area contributed by atoms with Crippen LogP contribution in [0.25, 0.3) is 5.69 Å². The molecule has 1 radical (unpaired) electrons. The number of nitrogens with zero attached hydrogens (tertiary/aromatic N) is 2. The zero-order valence-electron chi connectivity index (χ0n) is 8.79. The molecule has 0 aliphatic heterocycles. The van der Waals surface area contributed by atoms with Crippen LogP contribution in [0.2, 0.25) is 0 Å². The first kappa shape index (κ1) is 10.9. The molecule has 0 aliphatic rings. The Hall–Kier alpha value is -1.62. The second kappa shape index (κ2) is 4.09. The Bertz CT molecular complexity index is 574. The van der Waals surface area contributed by atoms with E-state index >= 15 is 0 Å². The van der Waals surface area contributed by atoms with Crippen LogP contribution in [0.4, 0.5) is 0 Å². The molecular formula is C11H11N2O2S. The fourth-order valence-electron chi connectivity index (χ4n) is 1.47. The van der Waals surface area contributed by atoms with Gasteiger partial charge in [0.1, 0.15) is 0 Å². The monoisotopic (exact) mass is 235 g/mol. The molecule has 83 valence electrons. The van der Waals surface area contributed by atoms with Crippen molar-refractivity contribution in [3.8, 4) is 5.69 Å². The van der Waals surface area contributed by atoms with Crippen molar-refractivity contribution in [1.29, 1.82) is 0 Å². The molecule has 4 nitrogen and oxygen atoms in total. The topological polar surface area (TPSA) is 52.0 Å². The van der Waals surface area contributed by atoms with Crippen molar-refractivity contribution in [2.45, 2.75) is 5.75 Å². The van der Waals surface area contributed by atoms with Gasteiger partial charge >= 0.3 is 0 Å². The van der Waals surface area contributed by atoms with Gasteiger partial charge in [-0.3, -0.25) is 0 Å². The molecule has 0 spiro atoms. The number of aromatic nitrogens is 2. The molecule has 1 heterocycles. The van der Waals surface area contributed by atoms with Crippen LogP contribution in [0.1, 0.15) is 5.56 Å². The van der Waals surface area contributed by atoms with Gasteiger partial charge in [-0.25, -0.2) is 13.1 Å². The van der Waals surface area contributed by atoms with Gasteiger partial charge < -0.3 is 0 Å². The summed E-state index contributed by atoms with van der Waals surface area (Å²) in [4.78, 5) is 0. The summed E-state index contributed by atoms with van der Waals surface area (Å²) in [5, 5.41) is 4.08. The smallest absolute Gasteiger partial charge is 0.151 e. The Morgan fingerprint density at radius 3 is 2.88 bits per heavy atom. The molecule has 0 aliphatic carbocycles. The van der Waals surface area contributed by atoms with Crippen LogP contribution < -0.4 is 0 Å². The molecule has 16 heavy (non-hydrogen) atoms. The lowest BCUT2D eigenvalue weighted by Gasteiger charge is -2.07. The molecule has 1 aromatic heterocycles. The van der Waals surface area contributed by atoms with E-state index in [-0.39, 0.29) is 5.75 Å². The maximum absolute atomic E-state index is 11.3. The van der Waals surface area contributed by atoms with Crippen LogP contribution in [0, 0.1) is 6.07 Å². The molecule has 0 saturated heterocycles. The Morgan fingerprint density at radius 2 is 2.25 bits per heavy atom. The fraction of sp³-hybridized carbons (Fsp3) is 0.182. The number of sulfone groups is 1. The van der Waals surface area contributed by atoms with E-state index in [1.54, 1.807) is 29.2 Å². The molecular weight excluding hydrogens is 224 g/mol. The van der Waals surface area contributed by atoms with Crippen molar-refractivity contribution >= 4 is 9.84 Å². The van der Waals surface area contributed by atoms with E-state index in [1.165, 1.54) is 6.26 Å². The third kappa shape index (κ3) is 2.49. The molecule has 1 aromatic carbocycles. The van der Waals surface area contributed by atoms with Gasteiger partial charge in [-0.15, -0.1) is 0 Å². The molecule has 2 aromatic rings. The van der Waals surface area contributed by atoms with Crippen molar-refractivity contribution in [2.75, 3.05) is 6.26 Å². The van der Waals surface area contributed by atoms with E-state index in [0.29, 0.717) is 5.56 Å². The van der Waals surface area contributed by atoms with Crippen molar-refractivity contribution in [3.63, 3.8) is 0 Å². The first-order valence-electron chi connectivity index (χ1n) is 4.73. The lowest BCUT2D eigenvalue weighted by Crippen LogP contribution is -2.06. The molecule has 2 rings (SSSR count). The molecule has 0 bridgehead atoms. The third-order valence-electron chi connectivity index (χ3n) is 2.07. The summed E-state index contributed by atoms with van der Waals surface area (Å²) < 4.78 is 24.2. The average molecular weight is 235 g/mol. The number of rotatable bonds is 3. The van der Waals surface area contributed by atoms with E-state index in [4.69, 9.17) is 0 Å². The molecule has 0 fully saturated rings. The Balaban J connectivity index is 2.47. The van der Waals surface area contributed by atoms with Crippen LogP contribution in [-0.2, 0) is 15.6 Å². The van der Waals surface area contributed by atoms with Gasteiger partial charge in [0.2, 0.25) is 0 Å². The normalized spacial score (nSPS) is 11.6. The molecule has 5 heteroatoms. The quantitative estimate of drug-likeness (QED) is 0.803. The zero-order valence-corrected chi connectivity index (χ0v) is 9.61. The number of benzene rings is 1. The van der Waals surface area contributed by atoms with E-state index < -0.39 is 9.84 Å². The fourth-order valence-corrected chi connectivity index (χ4v) is 2.22. The summed E-state index contributed by atoms with van der Waals surface area (Å²) in [5.74, 6) is -0.0248. The highest BCUT2D eigenvalue weighted by molar-refractivity contribution is 7.89. The van der Waals surface area contributed by atoms with Gasteiger partial charge in [-0.2, -0.15) is 5.10 Å². The van der Waals surface area contributed by atoms with Crippen LogP contribution in [0.15, 0.2) is 36.7 Å². The minimum atomic E-state index is -3.06. The lowest BCUT2D eigenvalue weighted by atomic mass is 10.2. The third-order valence-corrected chi connectivity index (χ3v) is 2.89. The maximum Gasteiger partial charge on any atom is 0.151 e. The molecule has 0 N–H and O–H groups in total. The van der Waals surface area contributed by atoms with Crippen LogP contribution in [0.3, 0.4) is 0 Å². The van der Waals surface area contributed by atoms with Crippen molar-refractivity contribution in [1.82, 2.24) is 9.78 Å². The highest BCUT2D eigenvalue weighted by Gasteiger charge is 2.10. The standard InChI is InChI=1S/C11H11N2O2S/c1-16(14,15)9-10-5-2-3-6-11(10)13-8-4-7-12-13/h2-4,6-8H,9H2,1H3. The van der Waals surface area contributed by atoms with Gasteiger partial charge in [0.15, 0.2) is 9.84 Å². The van der Waals surface area contributed by atoms with Crippen molar-refractivity contribution in [2.24, 2.45) is 0 Å². The highest BCUT2D eigenvalue weighted by Crippen LogP contribution is 2.15. The summed E-state index contributed by atoms with van der Waals surface area (Å²) in [6, 6.07) is 10.1. The molecule has 0 amide bonds. The van der Waals surface area contributed by atoms with Gasteiger partial charge in [0, 0.05) is 24.2 Å². The Labute approximate surface area is 94.5 Å². The van der Waals surface area contributed by atoms with Gasteiger partial charge in [0.25, 0.3) is 0 Å². The van der Waals surface area contributed by atoms with Crippen LogP contribution in [0.5, 0.6) is 0 Å². The lowest BCUT2D eigenvalue weighted by molar-refractivity contribution is 0.601.